The van der Waals surface area contributed by atoms with Gasteiger partial charge in [-0.3, -0.25) is 0 Å². The van der Waals surface area contributed by atoms with Crippen molar-refractivity contribution in [1.29, 1.82) is 0 Å². The van der Waals surface area contributed by atoms with Gasteiger partial charge in [0.1, 0.15) is 31.0 Å². The van der Waals surface area contributed by atoms with Crippen LogP contribution in [0.3, 0.4) is 0 Å². The van der Waals surface area contributed by atoms with Crippen LogP contribution in [-0.2, 0) is 11.3 Å². The Morgan fingerprint density at radius 2 is 2.00 bits per heavy atom. The first-order valence-electron chi connectivity index (χ1n) is 7.23. The van der Waals surface area contributed by atoms with E-state index in [0.717, 1.165) is 0 Å². The fourth-order valence-corrected chi connectivity index (χ4v) is 2.84. The van der Waals surface area contributed by atoms with Crippen molar-refractivity contribution in [3.05, 3.63) is 29.8 Å². The summed E-state index contributed by atoms with van der Waals surface area (Å²) < 4.78 is 9.22. The molecule has 23 heavy (non-hydrogen) atoms. The van der Waals surface area contributed by atoms with Gasteiger partial charge < -0.3 is 25.4 Å². The van der Waals surface area contributed by atoms with Crippen molar-refractivity contribution in [3.8, 4) is 5.75 Å². The van der Waals surface area contributed by atoms with Gasteiger partial charge in [-0.1, -0.05) is 12.1 Å². The molecule has 2 rings (SSSR count). The molecule has 8 nitrogen and oxygen atoms in total. The van der Waals surface area contributed by atoms with Gasteiger partial charge in [-0.15, -0.1) is 4.48 Å². The lowest BCUT2D eigenvalue weighted by molar-refractivity contribution is -0.797. The van der Waals surface area contributed by atoms with E-state index < -0.39 is 28.8 Å². The third-order valence-corrected chi connectivity index (χ3v) is 4.13. The van der Waals surface area contributed by atoms with Crippen LogP contribution in [0.25, 0.3) is 0 Å². The molecule has 8 heteroatoms. The smallest absolute Gasteiger partial charge is 0.497 e. The monoisotopic (exact) mass is 325 g/mol. The molecule has 1 aliphatic rings. The van der Waals surface area contributed by atoms with Gasteiger partial charge in [0.05, 0.1) is 7.11 Å². The van der Waals surface area contributed by atoms with Crippen LogP contribution in [-0.4, -0.2) is 59.2 Å². The van der Waals surface area contributed by atoms with Crippen molar-refractivity contribution in [1.82, 2.24) is 0 Å². The topological polar surface area (TPSA) is 119 Å². The number of hydrogen-bond acceptors (Lipinski definition) is 6. The minimum Gasteiger partial charge on any atom is -0.497 e. The molecule has 0 spiro atoms. The fraction of sp³-hybridized carbons (Fsp3) is 0.467. The summed E-state index contributed by atoms with van der Waals surface area (Å²) in [5.41, 5.74) is 6.28. The molecule has 1 aromatic carbocycles. The van der Waals surface area contributed by atoms with Gasteiger partial charge in [0.2, 0.25) is 0 Å². The summed E-state index contributed by atoms with van der Waals surface area (Å²) in [6, 6.07) is 6.17. The van der Waals surface area contributed by atoms with E-state index in [0.29, 0.717) is 11.3 Å². The van der Waals surface area contributed by atoms with Crippen LogP contribution < -0.4 is 10.5 Å². The van der Waals surface area contributed by atoms with Crippen molar-refractivity contribution in [2.45, 2.75) is 25.2 Å². The summed E-state index contributed by atoms with van der Waals surface area (Å²) in [4.78, 5) is 24.1. The van der Waals surface area contributed by atoms with Crippen LogP contribution >= 0.6 is 0 Å². The molecule has 3 atom stereocenters. The standard InChI is InChI=1S/C15H20N2O6/c1-22-13-4-2-10(3-5-13)9-23-15(21)17(14(19)20)8-12(18)6-11(17)7-16/h2-5,11-12,18H,6-9,16H2,1H3/p+1/t11-,12+,17?/m0/s1. The van der Waals surface area contributed by atoms with E-state index >= 15 is 0 Å². The zero-order valence-electron chi connectivity index (χ0n) is 12.8. The number of carbonyl (C=O) groups excluding carboxylic acids is 1. The summed E-state index contributed by atoms with van der Waals surface area (Å²) in [5.74, 6) is 0.667. The van der Waals surface area contributed by atoms with Crippen LogP contribution in [0, 0.1) is 0 Å². The maximum atomic E-state index is 12.4. The number of aliphatic hydroxyl groups excluding tert-OH is 1. The van der Waals surface area contributed by atoms with E-state index in [2.05, 4.69) is 0 Å². The first-order chi connectivity index (χ1) is 10.9. The molecule has 1 heterocycles. The first kappa shape index (κ1) is 17.2. The van der Waals surface area contributed by atoms with Crippen molar-refractivity contribution in [2.75, 3.05) is 20.2 Å². The molecular weight excluding hydrogens is 304 g/mol. The summed E-state index contributed by atoms with van der Waals surface area (Å²) in [6.07, 6.45) is -3.02. The van der Waals surface area contributed by atoms with Crippen LogP contribution in [0.2, 0.25) is 0 Å². The highest BCUT2D eigenvalue weighted by Crippen LogP contribution is 2.29. The number of rotatable bonds is 4. The number of likely N-dealkylation sites (tertiary alicyclic amines) is 1. The molecule has 0 aliphatic carbocycles. The van der Waals surface area contributed by atoms with Crippen molar-refractivity contribution >= 4 is 12.2 Å². The molecule has 1 unspecified atom stereocenters. The Kier molecular flexibility index (Phi) is 5.19. The second kappa shape index (κ2) is 6.95. The number of hydrogen-bond donors (Lipinski definition) is 3. The molecule has 126 valence electrons. The third-order valence-electron chi connectivity index (χ3n) is 4.13. The Hall–Kier alpha value is -2.16. The third kappa shape index (κ3) is 3.29. The van der Waals surface area contributed by atoms with Crippen LogP contribution in [0.1, 0.15) is 12.0 Å². The lowest BCUT2D eigenvalue weighted by Gasteiger charge is -2.29. The van der Waals surface area contributed by atoms with Gasteiger partial charge in [0.15, 0.2) is 0 Å². The number of ether oxygens (including phenoxy) is 2. The average molecular weight is 325 g/mol. The van der Waals surface area contributed by atoms with Gasteiger partial charge in [0.25, 0.3) is 0 Å². The summed E-state index contributed by atoms with van der Waals surface area (Å²) in [5, 5.41) is 19.3. The molecule has 0 bridgehead atoms. The number of nitrogens with zero attached hydrogens (tertiary/aromatic N) is 1. The molecule has 1 aliphatic heterocycles. The largest absolute Gasteiger partial charge is 0.527 e. The summed E-state index contributed by atoms with van der Waals surface area (Å²) in [7, 11) is 1.54. The van der Waals surface area contributed by atoms with Crippen LogP contribution in [0.15, 0.2) is 24.3 Å². The zero-order chi connectivity index (χ0) is 17.0. The second-order valence-corrected chi connectivity index (χ2v) is 5.52. The van der Waals surface area contributed by atoms with Gasteiger partial charge in [-0.2, -0.15) is 9.59 Å². The average Bonchev–Trinajstić information content (AvgIpc) is 2.91. The van der Waals surface area contributed by atoms with Crippen LogP contribution in [0.5, 0.6) is 5.75 Å². The quantitative estimate of drug-likeness (QED) is 0.704. The molecule has 0 saturated carbocycles. The minimum atomic E-state index is -1.36. The maximum absolute atomic E-state index is 12.4. The van der Waals surface area contributed by atoms with E-state index in [1.54, 1.807) is 31.4 Å². The summed E-state index contributed by atoms with van der Waals surface area (Å²) >= 11 is 0. The van der Waals surface area contributed by atoms with E-state index in [9.17, 15) is 19.8 Å². The number of carboxylic acid groups (broad SMARTS) is 1. The fourth-order valence-electron chi connectivity index (χ4n) is 2.84. The van der Waals surface area contributed by atoms with Crippen LogP contribution in [0.4, 0.5) is 9.59 Å². The molecule has 1 saturated heterocycles. The highest BCUT2D eigenvalue weighted by atomic mass is 16.6. The first-order valence-corrected chi connectivity index (χ1v) is 7.23. The Morgan fingerprint density at radius 1 is 1.35 bits per heavy atom. The number of amides is 2. The minimum absolute atomic E-state index is 0.0268. The molecular formula is C15H21N2O6+. The van der Waals surface area contributed by atoms with E-state index in [-0.39, 0.29) is 26.1 Å². The molecule has 1 aromatic rings. The predicted molar refractivity (Wildman–Crippen MR) is 79.8 cm³/mol. The second-order valence-electron chi connectivity index (χ2n) is 5.52. The molecule has 1 fully saturated rings. The molecule has 4 N–H and O–H groups in total. The summed E-state index contributed by atoms with van der Waals surface area (Å²) in [6.45, 7) is -0.330. The normalized spacial score (nSPS) is 26.7. The Labute approximate surface area is 133 Å². The number of quaternary nitrogens is 1. The van der Waals surface area contributed by atoms with Crippen molar-refractivity contribution < 1.29 is 33.8 Å². The van der Waals surface area contributed by atoms with Crippen molar-refractivity contribution in [3.63, 3.8) is 0 Å². The highest BCUT2D eigenvalue weighted by Gasteiger charge is 2.59. The lowest BCUT2D eigenvalue weighted by Crippen LogP contribution is -2.61. The number of benzene rings is 1. The van der Waals surface area contributed by atoms with E-state index in [1.165, 1.54) is 0 Å². The Bertz CT molecular complexity index is 576. The predicted octanol–water partition coefficient (Wildman–Crippen LogP) is 0.918. The van der Waals surface area contributed by atoms with Gasteiger partial charge >= 0.3 is 12.2 Å². The maximum Gasteiger partial charge on any atom is 0.527 e. The number of nitrogens with two attached hydrogens (primary N) is 1. The number of carbonyl (C=O) groups is 2. The van der Waals surface area contributed by atoms with Crippen molar-refractivity contribution in [2.24, 2.45) is 5.73 Å². The SMILES string of the molecule is COc1ccc(COC(=O)[N+]2(C(=O)O)C[C@H](O)C[C@H]2CN)cc1. The van der Waals surface area contributed by atoms with Gasteiger partial charge in [0, 0.05) is 13.0 Å². The van der Waals surface area contributed by atoms with Gasteiger partial charge in [-0.25, -0.2) is 0 Å². The number of imide groups is 1. The van der Waals surface area contributed by atoms with Gasteiger partial charge in [-0.05, 0) is 17.7 Å². The zero-order valence-corrected chi connectivity index (χ0v) is 12.8. The van der Waals surface area contributed by atoms with E-state index in [4.69, 9.17) is 15.2 Å². The molecule has 0 radical (unpaired) electrons. The highest BCUT2D eigenvalue weighted by molar-refractivity contribution is 5.76. The molecule has 2 amide bonds. The Morgan fingerprint density at radius 3 is 2.52 bits per heavy atom. The lowest BCUT2D eigenvalue weighted by atomic mass is 10.2. The number of methoxy groups -OCH3 is 1. The number of aliphatic hydroxyl groups is 1. The molecule has 0 aromatic heterocycles. The Balaban J connectivity index is 2.11. The van der Waals surface area contributed by atoms with E-state index in [1.807, 2.05) is 0 Å².